The van der Waals surface area contributed by atoms with Crippen LogP contribution in [-0.4, -0.2) is 45.5 Å². The van der Waals surface area contributed by atoms with Gasteiger partial charge in [0.05, 0.1) is 5.75 Å². The van der Waals surface area contributed by atoms with Crippen LogP contribution in [-0.2, 0) is 16.3 Å². The van der Waals surface area contributed by atoms with Gasteiger partial charge in [0.1, 0.15) is 9.84 Å². The molecule has 0 bridgehead atoms. The Morgan fingerprint density at radius 2 is 1.96 bits per heavy atom. The van der Waals surface area contributed by atoms with E-state index in [1.807, 2.05) is 19.9 Å². The van der Waals surface area contributed by atoms with E-state index in [1.165, 1.54) is 24.7 Å². The molecule has 1 saturated carbocycles. The zero-order valence-electron chi connectivity index (χ0n) is 15.6. The van der Waals surface area contributed by atoms with Crippen molar-refractivity contribution in [2.75, 3.05) is 25.1 Å². The summed E-state index contributed by atoms with van der Waals surface area (Å²) < 4.78 is 22.6. The van der Waals surface area contributed by atoms with Crippen molar-refractivity contribution in [1.82, 2.24) is 10.6 Å². The Kier molecular flexibility index (Phi) is 6.87. The fourth-order valence-electron chi connectivity index (χ4n) is 2.86. The Balaban J connectivity index is 1.90. The van der Waals surface area contributed by atoms with Gasteiger partial charge in [-0.15, -0.1) is 0 Å². The number of rotatable bonds is 9. The van der Waals surface area contributed by atoms with Crippen molar-refractivity contribution in [2.24, 2.45) is 10.4 Å². The lowest BCUT2D eigenvalue weighted by atomic mass is 9.97. The molecule has 0 aromatic heterocycles. The normalized spacial score (nSPS) is 17.8. The maximum Gasteiger partial charge on any atom is 0.191 e. The average molecular weight is 366 g/mol. The predicted molar refractivity (Wildman–Crippen MR) is 105 cm³/mol. The minimum absolute atomic E-state index is 0.0665. The maximum atomic E-state index is 11.3. The molecule has 0 spiro atoms. The van der Waals surface area contributed by atoms with Gasteiger partial charge < -0.3 is 10.6 Å². The third-order valence-corrected chi connectivity index (χ3v) is 5.58. The fourth-order valence-corrected chi connectivity index (χ4v) is 3.64. The van der Waals surface area contributed by atoms with E-state index in [0.717, 1.165) is 25.5 Å². The maximum absolute atomic E-state index is 11.3. The van der Waals surface area contributed by atoms with Gasteiger partial charge in [0.25, 0.3) is 0 Å². The fraction of sp³-hybridized carbons (Fsp3) is 0.632. The molecule has 6 heteroatoms. The molecule has 1 aliphatic rings. The molecule has 0 aliphatic heterocycles. The van der Waals surface area contributed by atoms with Crippen molar-refractivity contribution < 1.29 is 8.42 Å². The first kappa shape index (κ1) is 19.8. The van der Waals surface area contributed by atoms with Gasteiger partial charge in [-0.3, -0.25) is 4.99 Å². The Morgan fingerprint density at radius 1 is 1.28 bits per heavy atom. The quantitative estimate of drug-likeness (QED) is 0.521. The van der Waals surface area contributed by atoms with E-state index < -0.39 is 9.84 Å². The second-order valence-corrected chi connectivity index (χ2v) is 9.58. The summed E-state index contributed by atoms with van der Waals surface area (Å²) in [6, 6.07) is 10.7. The van der Waals surface area contributed by atoms with Crippen LogP contribution in [0.3, 0.4) is 0 Å². The van der Waals surface area contributed by atoms with Gasteiger partial charge in [-0.25, -0.2) is 8.42 Å². The predicted octanol–water partition coefficient (Wildman–Crippen LogP) is 2.39. The van der Waals surface area contributed by atoms with Gasteiger partial charge >= 0.3 is 0 Å². The van der Waals surface area contributed by atoms with Crippen LogP contribution in [0.4, 0.5) is 0 Å². The molecule has 25 heavy (non-hydrogen) atoms. The van der Waals surface area contributed by atoms with E-state index in [2.05, 4.69) is 34.9 Å². The smallest absolute Gasteiger partial charge is 0.191 e. The molecule has 2 rings (SSSR count). The highest BCUT2D eigenvalue weighted by atomic mass is 32.2. The number of benzene rings is 1. The zero-order chi connectivity index (χ0) is 18.3. The molecule has 1 aromatic carbocycles. The molecule has 1 fully saturated rings. The van der Waals surface area contributed by atoms with Crippen LogP contribution in [0.5, 0.6) is 0 Å². The van der Waals surface area contributed by atoms with E-state index in [0.29, 0.717) is 11.8 Å². The Labute approximate surface area is 152 Å². The lowest BCUT2D eigenvalue weighted by Gasteiger charge is -2.19. The van der Waals surface area contributed by atoms with Crippen LogP contribution in [0.15, 0.2) is 35.3 Å². The first-order chi connectivity index (χ1) is 11.8. The largest absolute Gasteiger partial charge is 0.357 e. The summed E-state index contributed by atoms with van der Waals surface area (Å²) in [5.74, 6) is 0.973. The molecule has 5 nitrogen and oxygen atoms in total. The molecule has 1 atom stereocenters. The molecular weight excluding hydrogens is 334 g/mol. The Morgan fingerprint density at radius 3 is 2.52 bits per heavy atom. The van der Waals surface area contributed by atoms with Crippen LogP contribution in [0.25, 0.3) is 0 Å². The van der Waals surface area contributed by atoms with Gasteiger partial charge in [-0.1, -0.05) is 30.3 Å². The highest BCUT2D eigenvalue weighted by Gasteiger charge is 2.42. The number of nitrogens with zero attached hydrogens (tertiary/aromatic N) is 1. The minimum Gasteiger partial charge on any atom is -0.357 e. The van der Waals surface area contributed by atoms with Crippen molar-refractivity contribution in [1.29, 1.82) is 0 Å². The van der Waals surface area contributed by atoms with Crippen molar-refractivity contribution in [3.8, 4) is 0 Å². The lowest BCUT2D eigenvalue weighted by Crippen LogP contribution is -2.43. The van der Waals surface area contributed by atoms with Crippen molar-refractivity contribution >= 4 is 15.8 Å². The molecule has 2 N–H and O–H groups in total. The van der Waals surface area contributed by atoms with Gasteiger partial charge in [0, 0.05) is 25.4 Å². The van der Waals surface area contributed by atoms with Crippen LogP contribution in [0, 0.1) is 5.41 Å². The molecule has 0 radical (unpaired) electrons. The van der Waals surface area contributed by atoms with Crippen LogP contribution < -0.4 is 10.6 Å². The second kappa shape index (κ2) is 8.70. The molecule has 1 aliphatic carbocycles. The lowest BCUT2D eigenvalue weighted by molar-refractivity contribution is 0.517. The first-order valence-corrected chi connectivity index (χ1v) is 11.1. The topological polar surface area (TPSA) is 70.6 Å². The second-order valence-electron chi connectivity index (χ2n) is 7.32. The summed E-state index contributed by atoms with van der Waals surface area (Å²) in [6.07, 6.45) is 5.36. The number of sulfone groups is 1. The number of nitrogens with one attached hydrogen (secondary N) is 2. The number of hydrogen-bond donors (Lipinski definition) is 2. The van der Waals surface area contributed by atoms with Gasteiger partial charge in [-0.05, 0) is 50.5 Å². The minimum atomic E-state index is -2.93. The van der Waals surface area contributed by atoms with Crippen LogP contribution >= 0.6 is 0 Å². The third kappa shape index (κ3) is 7.46. The Bertz CT molecular complexity index is 667. The third-order valence-electron chi connectivity index (χ3n) is 4.60. The summed E-state index contributed by atoms with van der Waals surface area (Å²) in [7, 11) is -2.93. The Hall–Kier alpha value is -1.56. The summed E-state index contributed by atoms with van der Waals surface area (Å²) >= 11 is 0. The monoisotopic (exact) mass is 365 g/mol. The molecular formula is C19H31N3O2S. The van der Waals surface area contributed by atoms with Crippen molar-refractivity contribution in [3.63, 3.8) is 0 Å². The molecule has 140 valence electrons. The number of guanidine groups is 1. The summed E-state index contributed by atoms with van der Waals surface area (Å²) in [5, 5.41) is 6.59. The molecule has 0 amide bonds. The highest BCUT2D eigenvalue weighted by Crippen LogP contribution is 2.48. The van der Waals surface area contributed by atoms with Crippen LogP contribution in [0.1, 0.15) is 38.7 Å². The average Bonchev–Trinajstić information content (AvgIpc) is 3.31. The van der Waals surface area contributed by atoms with Gasteiger partial charge in [0.2, 0.25) is 0 Å². The first-order valence-electron chi connectivity index (χ1n) is 9.08. The van der Waals surface area contributed by atoms with Gasteiger partial charge in [-0.2, -0.15) is 0 Å². The highest BCUT2D eigenvalue weighted by molar-refractivity contribution is 7.90. The van der Waals surface area contributed by atoms with E-state index in [9.17, 15) is 8.42 Å². The van der Waals surface area contributed by atoms with E-state index in [1.54, 1.807) is 0 Å². The zero-order valence-corrected chi connectivity index (χ0v) is 16.4. The summed E-state index contributed by atoms with van der Waals surface area (Å²) in [5.41, 5.74) is 1.66. The van der Waals surface area contributed by atoms with E-state index in [4.69, 9.17) is 4.99 Å². The van der Waals surface area contributed by atoms with E-state index in [-0.39, 0.29) is 11.8 Å². The van der Waals surface area contributed by atoms with Crippen LogP contribution in [0.2, 0.25) is 0 Å². The summed E-state index contributed by atoms with van der Waals surface area (Å²) in [4.78, 5) is 4.77. The molecule has 0 saturated heterocycles. The van der Waals surface area contributed by atoms with Crippen molar-refractivity contribution in [2.45, 2.75) is 45.6 Å². The molecule has 0 heterocycles. The molecule has 1 aromatic rings. The summed E-state index contributed by atoms with van der Waals surface area (Å²) in [6.45, 7) is 5.62. The number of aliphatic imine (C=N–C) groups is 1. The molecule has 1 unspecified atom stereocenters. The standard InChI is InChI=1S/C19H31N3O2S/c1-4-20-18(22-16(2)10-13-25(3,23)24)21-15-19(11-12-19)14-17-8-6-5-7-9-17/h5-9,16H,4,10-15H2,1-3H3,(H2,20,21,22). The SMILES string of the molecule is CCNC(=NCC1(Cc2ccccc2)CC1)NC(C)CCS(C)(=O)=O. The van der Waals surface area contributed by atoms with E-state index >= 15 is 0 Å². The number of hydrogen-bond acceptors (Lipinski definition) is 3. The van der Waals surface area contributed by atoms with Gasteiger partial charge in [0.15, 0.2) is 5.96 Å². The van der Waals surface area contributed by atoms with Crippen molar-refractivity contribution in [3.05, 3.63) is 35.9 Å².